The number of hydrogen-bond acceptors (Lipinski definition) is 5. The average Bonchev–Trinajstić information content (AvgIpc) is 2.94. The molecule has 38 heavy (non-hydrogen) atoms. The molecule has 8 heteroatoms. The molecule has 0 aliphatic rings. The number of ether oxygens (including phenoxy) is 1. The minimum Gasteiger partial charge on any atom is -0.545 e. The summed E-state index contributed by atoms with van der Waals surface area (Å²) >= 11 is 12.3. The number of halogens is 2. The number of Topliss-reactive ketones (excluding diaryl/α,β-unsaturated/α-hetero) is 1. The van der Waals surface area contributed by atoms with Crippen molar-refractivity contribution in [3.8, 4) is 0 Å². The van der Waals surface area contributed by atoms with E-state index in [2.05, 4.69) is 0 Å². The predicted octanol–water partition coefficient (Wildman–Crippen LogP) is 4.47. The van der Waals surface area contributed by atoms with Crippen LogP contribution in [0.2, 0.25) is 10.0 Å². The molecule has 0 heterocycles. The van der Waals surface area contributed by atoms with Gasteiger partial charge in [-0.3, -0.25) is 4.79 Å². The number of hydrogen-bond donors (Lipinski definition) is 0. The molecule has 1 atom stereocenters. The highest BCUT2D eigenvalue weighted by Gasteiger charge is 2.60. The highest BCUT2D eigenvalue weighted by atomic mass is 35.5. The molecule has 0 amide bonds. The Labute approximate surface area is 231 Å². The highest BCUT2D eigenvalue weighted by Crippen LogP contribution is 2.61. The number of ketones is 1. The van der Waals surface area contributed by atoms with Gasteiger partial charge in [0, 0.05) is 11.1 Å². The Kier molecular flexibility index (Phi) is 8.63. The minimum atomic E-state index is -3.16. The molecular formula is C30H23Cl2O5P. The topological polar surface area (TPSA) is 83.5 Å². The molecule has 0 aromatic heterocycles. The van der Waals surface area contributed by atoms with Crippen LogP contribution in [0.5, 0.6) is 0 Å². The van der Waals surface area contributed by atoms with E-state index in [9.17, 15) is 19.5 Å². The maximum absolute atomic E-state index is 14.6. The summed E-state index contributed by atoms with van der Waals surface area (Å²) in [7, 11) is -3.16. The summed E-state index contributed by atoms with van der Waals surface area (Å²) in [5, 5.41) is 14.3. The van der Waals surface area contributed by atoms with E-state index >= 15 is 0 Å². The number of carboxylic acids is 1. The van der Waals surface area contributed by atoms with Crippen molar-refractivity contribution in [2.24, 2.45) is 0 Å². The number of benzene rings is 4. The summed E-state index contributed by atoms with van der Waals surface area (Å²) in [6.45, 7) is 1.68. The molecule has 0 aliphatic carbocycles. The number of aromatic carboxylic acids is 1. The Hall–Kier alpha value is -3.50. The molecule has 0 spiro atoms. The normalized spacial score (nSPS) is 12.0. The zero-order valence-electron chi connectivity index (χ0n) is 20.3. The smallest absolute Gasteiger partial charge is 0.356 e. The van der Waals surface area contributed by atoms with E-state index in [1.807, 2.05) is 91.0 Å². The van der Waals surface area contributed by atoms with Crippen LogP contribution in [0.15, 0.2) is 103 Å². The van der Waals surface area contributed by atoms with Crippen LogP contribution in [0.25, 0.3) is 0 Å². The molecular weight excluding hydrogens is 542 g/mol. The lowest BCUT2D eigenvalue weighted by Gasteiger charge is -2.33. The molecule has 0 N–H and O–H groups in total. The van der Waals surface area contributed by atoms with Gasteiger partial charge >= 0.3 is 5.97 Å². The van der Waals surface area contributed by atoms with Gasteiger partial charge < -0.3 is 14.6 Å². The number of rotatable bonds is 9. The third kappa shape index (κ3) is 5.10. The summed E-state index contributed by atoms with van der Waals surface area (Å²) in [5.41, 5.74) is -2.15. The van der Waals surface area contributed by atoms with Crippen LogP contribution in [-0.2, 0) is 9.53 Å². The van der Waals surface area contributed by atoms with Crippen molar-refractivity contribution in [1.29, 1.82) is 0 Å². The second-order valence-electron chi connectivity index (χ2n) is 8.35. The molecule has 4 aromatic rings. The monoisotopic (exact) mass is 564 g/mol. The predicted molar refractivity (Wildman–Crippen MR) is 151 cm³/mol. The number of esters is 1. The van der Waals surface area contributed by atoms with Crippen molar-refractivity contribution < 1.29 is 24.2 Å². The molecule has 0 bridgehead atoms. The Bertz CT molecular complexity index is 1360. The van der Waals surface area contributed by atoms with Gasteiger partial charge in [0.2, 0.25) is 11.4 Å². The summed E-state index contributed by atoms with van der Waals surface area (Å²) in [5.74, 6) is -3.12. The van der Waals surface area contributed by atoms with Gasteiger partial charge in [0.15, 0.2) is 0 Å². The van der Waals surface area contributed by atoms with Gasteiger partial charge in [-0.25, -0.2) is 4.79 Å². The fraction of sp³-hybridized carbons (Fsp3) is 0.100. The van der Waals surface area contributed by atoms with Crippen molar-refractivity contribution in [3.63, 3.8) is 0 Å². The first-order valence-corrected chi connectivity index (χ1v) is 14.4. The number of carbonyl (C=O) groups excluding carboxylic acids is 3. The van der Waals surface area contributed by atoms with E-state index in [1.165, 1.54) is 6.07 Å². The summed E-state index contributed by atoms with van der Waals surface area (Å²) in [6, 6.07) is 30.1. The van der Waals surface area contributed by atoms with Crippen LogP contribution in [0.4, 0.5) is 0 Å². The van der Waals surface area contributed by atoms with Gasteiger partial charge in [0.1, 0.15) is 23.2 Å². The van der Waals surface area contributed by atoms with E-state index in [1.54, 1.807) is 6.92 Å². The molecule has 0 aliphatic heterocycles. The summed E-state index contributed by atoms with van der Waals surface area (Å²) in [6.07, 6.45) is 0. The van der Waals surface area contributed by atoms with Crippen molar-refractivity contribution >= 4 is 64.1 Å². The van der Waals surface area contributed by atoms with Crippen LogP contribution in [0.3, 0.4) is 0 Å². The van der Waals surface area contributed by atoms with E-state index in [-0.39, 0.29) is 22.2 Å². The van der Waals surface area contributed by atoms with Crippen LogP contribution >= 0.6 is 30.5 Å². The summed E-state index contributed by atoms with van der Waals surface area (Å²) < 4.78 is 5.52. The van der Waals surface area contributed by atoms with E-state index in [0.29, 0.717) is 0 Å². The van der Waals surface area contributed by atoms with E-state index < -0.39 is 36.2 Å². The first-order chi connectivity index (χ1) is 18.3. The van der Waals surface area contributed by atoms with Gasteiger partial charge in [-0.2, -0.15) is 0 Å². The fourth-order valence-electron chi connectivity index (χ4n) is 4.61. The lowest BCUT2D eigenvalue weighted by atomic mass is 10.0. The first-order valence-electron chi connectivity index (χ1n) is 11.8. The van der Waals surface area contributed by atoms with Crippen LogP contribution in [0, 0.1) is 0 Å². The van der Waals surface area contributed by atoms with Crippen molar-refractivity contribution in [3.05, 3.63) is 124 Å². The second kappa shape index (κ2) is 11.9. The fourth-order valence-corrected chi connectivity index (χ4v) is 9.54. The Balaban J connectivity index is 2.15. The molecule has 0 fully saturated rings. The van der Waals surface area contributed by atoms with Gasteiger partial charge in [-0.15, -0.1) is 0 Å². The van der Waals surface area contributed by atoms with Crippen molar-refractivity contribution in [1.82, 2.24) is 0 Å². The average molecular weight is 565 g/mol. The van der Waals surface area contributed by atoms with Crippen LogP contribution in [-0.4, -0.2) is 30.0 Å². The summed E-state index contributed by atoms with van der Waals surface area (Å²) in [4.78, 5) is 40.6. The van der Waals surface area contributed by atoms with E-state index in [0.717, 1.165) is 22.0 Å². The molecule has 0 radical (unpaired) electrons. The van der Waals surface area contributed by atoms with Crippen LogP contribution < -0.4 is 21.0 Å². The lowest BCUT2D eigenvalue weighted by molar-refractivity contribution is -0.255. The molecule has 192 valence electrons. The quantitative estimate of drug-likeness (QED) is 0.130. The highest BCUT2D eigenvalue weighted by molar-refractivity contribution is 7.97. The zero-order chi connectivity index (χ0) is 27.3. The van der Waals surface area contributed by atoms with Gasteiger partial charge in [0.05, 0.1) is 22.6 Å². The molecule has 4 rings (SSSR count). The Morgan fingerprint density at radius 2 is 1.13 bits per heavy atom. The molecule has 5 nitrogen and oxygen atoms in total. The first kappa shape index (κ1) is 27.5. The van der Waals surface area contributed by atoms with E-state index in [4.69, 9.17) is 27.9 Å². The SMILES string of the molecule is CCOC(=O)C(C(=O)c1cc(Cl)c(Cl)cc1C(=O)[O-])[P+](c1ccccc1)(c1ccccc1)c1ccccc1. The van der Waals surface area contributed by atoms with Gasteiger partial charge in [0.25, 0.3) is 0 Å². The molecule has 4 aromatic carbocycles. The Morgan fingerprint density at radius 3 is 1.50 bits per heavy atom. The third-order valence-electron chi connectivity index (χ3n) is 6.18. The maximum Gasteiger partial charge on any atom is 0.356 e. The lowest BCUT2D eigenvalue weighted by Crippen LogP contribution is -2.47. The third-order valence-corrected chi connectivity index (χ3v) is 11.5. The van der Waals surface area contributed by atoms with Crippen molar-refractivity contribution in [2.45, 2.75) is 12.6 Å². The zero-order valence-corrected chi connectivity index (χ0v) is 22.8. The number of carboxylic acid groups (broad SMARTS) is 1. The number of carbonyl (C=O) groups is 3. The molecule has 0 saturated carbocycles. The largest absolute Gasteiger partial charge is 0.545 e. The van der Waals surface area contributed by atoms with Crippen molar-refractivity contribution in [2.75, 3.05) is 6.61 Å². The minimum absolute atomic E-state index is 0.0225. The molecule has 1 unspecified atom stereocenters. The van der Waals surface area contributed by atoms with Crippen LogP contribution in [0.1, 0.15) is 27.6 Å². The molecule has 0 saturated heterocycles. The Morgan fingerprint density at radius 1 is 0.737 bits per heavy atom. The standard InChI is InChI=1S/C30H23Cl2O5P/c1-2-37-30(36)28(27(33)23-18-25(31)26(32)19-24(23)29(34)35)38(20-12-6-3-7-13-20,21-14-8-4-9-15-21)22-16-10-5-11-17-22/h3-19,28H,2H2,1H3. The van der Waals surface area contributed by atoms with Gasteiger partial charge in [-0.05, 0) is 55.5 Å². The van der Waals surface area contributed by atoms with Gasteiger partial charge in [-0.1, -0.05) is 77.8 Å². The second-order valence-corrected chi connectivity index (χ2v) is 12.7. The maximum atomic E-state index is 14.6.